The molecule has 2 rings (SSSR count). The molecule has 22 heavy (non-hydrogen) atoms. The van der Waals surface area contributed by atoms with Crippen molar-refractivity contribution in [3.8, 4) is 5.75 Å². The van der Waals surface area contributed by atoms with E-state index in [1.165, 1.54) is 11.4 Å². The minimum atomic E-state index is -3.63. The van der Waals surface area contributed by atoms with Gasteiger partial charge in [-0.25, -0.2) is 8.42 Å². The van der Waals surface area contributed by atoms with Gasteiger partial charge in [-0.05, 0) is 37.0 Å². The molecule has 1 aromatic rings. The summed E-state index contributed by atoms with van der Waals surface area (Å²) in [6, 6.07) is 5.20. The van der Waals surface area contributed by atoms with Crippen molar-refractivity contribution in [1.82, 2.24) is 4.31 Å². The molecule has 1 fully saturated rings. The monoisotopic (exact) mass is 326 g/mol. The number of benzene rings is 1. The lowest BCUT2D eigenvalue weighted by Crippen LogP contribution is -2.41. The number of nitrogens with zero attached hydrogens (tertiary/aromatic N) is 1. The van der Waals surface area contributed by atoms with Gasteiger partial charge in [0, 0.05) is 19.0 Å². The summed E-state index contributed by atoms with van der Waals surface area (Å²) >= 11 is 0. The number of carbonyl (C=O) groups excluding carboxylic acids is 1. The van der Waals surface area contributed by atoms with Gasteiger partial charge in [-0.15, -0.1) is 0 Å². The van der Waals surface area contributed by atoms with E-state index >= 15 is 0 Å². The summed E-state index contributed by atoms with van der Waals surface area (Å²) in [5.74, 6) is -0.257. The number of amides is 1. The lowest BCUT2D eigenvalue weighted by Gasteiger charge is -2.30. The third-order valence-electron chi connectivity index (χ3n) is 4.11. The van der Waals surface area contributed by atoms with Gasteiger partial charge < -0.3 is 10.5 Å². The van der Waals surface area contributed by atoms with Crippen LogP contribution in [0.1, 0.15) is 25.3 Å². The van der Waals surface area contributed by atoms with E-state index in [1.54, 1.807) is 12.1 Å². The topological polar surface area (TPSA) is 89.7 Å². The third kappa shape index (κ3) is 3.25. The second kappa shape index (κ2) is 6.66. The Morgan fingerprint density at radius 1 is 1.36 bits per heavy atom. The summed E-state index contributed by atoms with van der Waals surface area (Å²) in [7, 11) is -2.17. The van der Waals surface area contributed by atoms with Crippen LogP contribution in [0, 0.1) is 5.92 Å². The van der Waals surface area contributed by atoms with Gasteiger partial charge in [0.1, 0.15) is 10.6 Å². The Morgan fingerprint density at radius 3 is 2.50 bits per heavy atom. The Labute approximate surface area is 131 Å². The molecular weight excluding hydrogens is 304 g/mol. The van der Waals surface area contributed by atoms with E-state index in [0.29, 0.717) is 31.7 Å². The fraction of sp³-hybridized carbons (Fsp3) is 0.533. The molecule has 0 aliphatic carbocycles. The van der Waals surface area contributed by atoms with E-state index < -0.39 is 10.0 Å². The zero-order chi connectivity index (χ0) is 16.3. The summed E-state index contributed by atoms with van der Waals surface area (Å²) in [6.07, 6.45) is 1.67. The Morgan fingerprint density at radius 2 is 2.00 bits per heavy atom. The zero-order valence-electron chi connectivity index (χ0n) is 12.9. The molecule has 7 heteroatoms. The number of primary amides is 1. The molecule has 1 aliphatic rings. The molecule has 0 saturated carbocycles. The molecule has 0 aromatic heterocycles. The van der Waals surface area contributed by atoms with Crippen LogP contribution in [0.4, 0.5) is 0 Å². The van der Waals surface area contributed by atoms with E-state index in [4.69, 9.17) is 10.5 Å². The SMILES string of the molecule is CCc1ccc(OC)c(S(=O)(=O)N2CCC(C(N)=O)CC2)c1. The Kier molecular flexibility index (Phi) is 5.08. The lowest BCUT2D eigenvalue weighted by atomic mass is 9.98. The fourth-order valence-electron chi connectivity index (χ4n) is 2.66. The molecule has 1 aromatic carbocycles. The Bertz CT molecular complexity index is 650. The van der Waals surface area contributed by atoms with Crippen molar-refractivity contribution in [2.45, 2.75) is 31.1 Å². The highest BCUT2D eigenvalue weighted by Crippen LogP contribution is 2.30. The van der Waals surface area contributed by atoms with Gasteiger partial charge in [0.05, 0.1) is 7.11 Å². The van der Waals surface area contributed by atoms with Crippen LogP contribution in [0.3, 0.4) is 0 Å². The first-order valence-electron chi connectivity index (χ1n) is 7.36. The van der Waals surface area contributed by atoms with Crippen molar-refractivity contribution in [3.63, 3.8) is 0 Å². The highest BCUT2D eigenvalue weighted by molar-refractivity contribution is 7.89. The van der Waals surface area contributed by atoms with Crippen LogP contribution in [0.5, 0.6) is 5.75 Å². The molecule has 1 saturated heterocycles. The standard InChI is InChI=1S/C15H22N2O4S/c1-3-11-4-5-13(21-2)14(10-11)22(19,20)17-8-6-12(7-9-17)15(16)18/h4-5,10,12H,3,6-9H2,1-2H3,(H2,16,18). The summed E-state index contributed by atoms with van der Waals surface area (Å²) in [4.78, 5) is 11.4. The maximum absolute atomic E-state index is 12.8. The molecule has 0 atom stereocenters. The van der Waals surface area contributed by atoms with Crippen molar-refractivity contribution in [2.24, 2.45) is 11.7 Å². The first-order chi connectivity index (χ1) is 10.4. The second-order valence-corrected chi connectivity index (χ2v) is 7.33. The van der Waals surface area contributed by atoms with Crippen molar-refractivity contribution in [3.05, 3.63) is 23.8 Å². The highest BCUT2D eigenvalue weighted by Gasteiger charge is 2.33. The van der Waals surface area contributed by atoms with Crippen molar-refractivity contribution < 1.29 is 17.9 Å². The molecule has 122 valence electrons. The van der Waals surface area contributed by atoms with Crippen LogP contribution in [0.15, 0.2) is 23.1 Å². The lowest BCUT2D eigenvalue weighted by molar-refractivity contribution is -0.122. The zero-order valence-corrected chi connectivity index (χ0v) is 13.7. The van der Waals surface area contributed by atoms with Gasteiger partial charge in [-0.1, -0.05) is 13.0 Å². The van der Waals surface area contributed by atoms with E-state index in [9.17, 15) is 13.2 Å². The van der Waals surface area contributed by atoms with Crippen LogP contribution < -0.4 is 10.5 Å². The minimum Gasteiger partial charge on any atom is -0.495 e. The summed E-state index contributed by atoms with van der Waals surface area (Å²) in [6.45, 7) is 2.57. The number of carbonyl (C=O) groups is 1. The molecule has 2 N–H and O–H groups in total. The quantitative estimate of drug-likeness (QED) is 0.879. The molecule has 1 heterocycles. The third-order valence-corrected chi connectivity index (χ3v) is 6.03. The normalized spacial score (nSPS) is 17.4. The van der Waals surface area contributed by atoms with Gasteiger partial charge in [-0.3, -0.25) is 4.79 Å². The second-order valence-electron chi connectivity index (χ2n) is 5.42. The number of ether oxygens (including phenoxy) is 1. The number of hydrogen-bond donors (Lipinski definition) is 1. The van der Waals surface area contributed by atoms with Gasteiger partial charge in [0.25, 0.3) is 0 Å². The van der Waals surface area contributed by atoms with E-state index in [2.05, 4.69) is 0 Å². The van der Waals surface area contributed by atoms with E-state index in [-0.39, 0.29) is 16.7 Å². The smallest absolute Gasteiger partial charge is 0.246 e. The Hall–Kier alpha value is -1.60. The van der Waals surface area contributed by atoms with Gasteiger partial charge in [0.2, 0.25) is 15.9 Å². The Balaban J connectivity index is 2.29. The predicted molar refractivity (Wildman–Crippen MR) is 83.0 cm³/mol. The number of hydrogen-bond acceptors (Lipinski definition) is 4. The molecule has 1 aliphatic heterocycles. The first kappa shape index (κ1) is 16.8. The van der Waals surface area contributed by atoms with E-state index in [0.717, 1.165) is 12.0 Å². The minimum absolute atomic E-state index is 0.187. The van der Waals surface area contributed by atoms with Gasteiger partial charge >= 0.3 is 0 Å². The largest absolute Gasteiger partial charge is 0.495 e. The summed E-state index contributed by atoms with van der Waals surface area (Å²) in [5.41, 5.74) is 6.23. The summed E-state index contributed by atoms with van der Waals surface area (Å²) < 4.78 is 32.3. The van der Waals surface area contributed by atoms with Crippen LogP contribution >= 0.6 is 0 Å². The number of rotatable bonds is 5. The molecule has 6 nitrogen and oxygen atoms in total. The molecule has 0 bridgehead atoms. The predicted octanol–water partition coefficient (Wildman–Crippen LogP) is 1.14. The molecular formula is C15H22N2O4S. The van der Waals surface area contributed by atoms with Crippen LogP contribution in [-0.4, -0.2) is 38.8 Å². The van der Waals surface area contributed by atoms with Crippen molar-refractivity contribution in [1.29, 1.82) is 0 Å². The van der Waals surface area contributed by atoms with Crippen molar-refractivity contribution in [2.75, 3.05) is 20.2 Å². The van der Waals surface area contributed by atoms with Gasteiger partial charge in [0.15, 0.2) is 0 Å². The average molecular weight is 326 g/mol. The molecule has 0 radical (unpaired) electrons. The molecule has 0 unspecified atom stereocenters. The number of sulfonamides is 1. The number of aryl methyl sites for hydroxylation is 1. The highest BCUT2D eigenvalue weighted by atomic mass is 32.2. The van der Waals surface area contributed by atoms with E-state index in [1.807, 2.05) is 13.0 Å². The van der Waals surface area contributed by atoms with Gasteiger partial charge in [-0.2, -0.15) is 4.31 Å². The summed E-state index contributed by atoms with van der Waals surface area (Å²) in [5, 5.41) is 0. The van der Waals surface area contributed by atoms with Crippen LogP contribution in [-0.2, 0) is 21.2 Å². The maximum Gasteiger partial charge on any atom is 0.246 e. The fourth-order valence-corrected chi connectivity index (χ4v) is 4.34. The molecule has 1 amide bonds. The van der Waals surface area contributed by atoms with Crippen LogP contribution in [0.25, 0.3) is 0 Å². The number of methoxy groups -OCH3 is 1. The number of nitrogens with two attached hydrogens (primary N) is 1. The average Bonchev–Trinajstić information content (AvgIpc) is 2.54. The maximum atomic E-state index is 12.8. The molecule has 0 spiro atoms. The van der Waals surface area contributed by atoms with Crippen LogP contribution in [0.2, 0.25) is 0 Å². The first-order valence-corrected chi connectivity index (χ1v) is 8.80. The van der Waals surface area contributed by atoms with Crippen molar-refractivity contribution >= 4 is 15.9 Å². The number of piperidine rings is 1.